The summed E-state index contributed by atoms with van der Waals surface area (Å²) in [5, 5.41) is 7.56. The van der Waals surface area contributed by atoms with Gasteiger partial charge in [-0.25, -0.2) is 0 Å². The van der Waals surface area contributed by atoms with Crippen molar-refractivity contribution in [2.24, 2.45) is 0 Å². The van der Waals surface area contributed by atoms with Gasteiger partial charge in [0.2, 0.25) is 0 Å². The molecule has 0 radical (unpaired) electrons. The topological polar surface area (TPSA) is 70.7 Å². The van der Waals surface area contributed by atoms with Crippen molar-refractivity contribution < 1.29 is 14.3 Å². The number of nitrogens with zero attached hydrogens (tertiary/aromatic N) is 3. The molecule has 1 aromatic heterocycles. The zero-order valence-corrected chi connectivity index (χ0v) is 16.6. The lowest BCUT2D eigenvalue weighted by molar-refractivity contribution is 0.0743. The minimum absolute atomic E-state index is 0.0313. The van der Waals surface area contributed by atoms with Gasteiger partial charge in [0.15, 0.2) is 5.82 Å². The lowest BCUT2D eigenvalue weighted by Crippen LogP contribution is -2.49. The summed E-state index contributed by atoms with van der Waals surface area (Å²) in [7, 11) is 3.15. The Morgan fingerprint density at radius 3 is 2.41 bits per heavy atom. The largest absolute Gasteiger partial charge is 0.497 e. The number of nitrogens with one attached hydrogen (secondary N) is 1. The van der Waals surface area contributed by atoms with Crippen LogP contribution in [0, 0.1) is 0 Å². The van der Waals surface area contributed by atoms with Crippen LogP contribution in [0.15, 0.2) is 54.6 Å². The van der Waals surface area contributed by atoms with Gasteiger partial charge in [-0.05, 0) is 17.7 Å². The second-order valence-corrected chi connectivity index (χ2v) is 6.85. The van der Waals surface area contributed by atoms with Crippen molar-refractivity contribution in [3.05, 3.63) is 60.2 Å². The highest BCUT2D eigenvalue weighted by molar-refractivity contribution is 5.97. The van der Waals surface area contributed by atoms with Crippen LogP contribution < -0.4 is 14.4 Å². The first-order chi connectivity index (χ1) is 14.2. The molecule has 2 aromatic carbocycles. The number of anilines is 1. The second-order valence-electron chi connectivity index (χ2n) is 6.85. The average Bonchev–Trinajstić information content (AvgIpc) is 3.29. The SMILES string of the molecule is COc1ccc(C(=O)N2CCN(c3cc(-c4ccccc4)[nH]n3)CC2)c(OC)c1. The van der Waals surface area contributed by atoms with Gasteiger partial charge in [-0.15, -0.1) is 0 Å². The van der Waals surface area contributed by atoms with Crippen LogP contribution in [0.4, 0.5) is 5.82 Å². The second kappa shape index (κ2) is 8.26. The van der Waals surface area contributed by atoms with Gasteiger partial charge in [0, 0.05) is 38.3 Å². The molecule has 2 heterocycles. The molecule has 1 aliphatic heterocycles. The maximum Gasteiger partial charge on any atom is 0.257 e. The number of hydrogen-bond acceptors (Lipinski definition) is 5. The fraction of sp³-hybridized carbons (Fsp3) is 0.273. The number of amides is 1. The van der Waals surface area contributed by atoms with Gasteiger partial charge in [0.25, 0.3) is 5.91 Å². The molecule has 1 fully saturated rings. The van der Waals surface area contributed by atoms with Crippen molar-refractivity contribution >= 4 is 11.7 Å². The highest BCUT2D eigenvalue weighted by Crippen LogP contribution is 2.27. The number of H-pyrrole nitrogens is 1. The number of ether oxygens (including phenoxy) is 2. The van der Waals surface area contributed by atoms with Crippen molar-refractivity contribution in [2.75, 3.05) is 45.3 Å². The Balaban J connectivity index is 1.42. The van der Waals surface area contributed by atoms with E-state index in [0.29, 0.717) is 30.2 Å². The van der Waals surface area contributed by atoms with Gasteiger partial charge in [0.05, 0.1) is 25.5 Å². The summed E-state index contributed by atoms with van der Waals surface area (Å²) in [5.74, 6) is 2.06. The lowest BCUT2D eigenvalue weighted by atomic mass is 10.1. The normalized spacial score (nSPS) is 14.0. The number of carbonyl (C=O) groups is 1. The van der Waals surface area contributed by atoms with E-state index in [1.165, 1.54) is 0 Å². The first kappa shape index (κ1) is 18.9. The lowest BCUT2D eigenvalue weighted by Gasteiger charge is -2.35. The quantitative estimate of drug-likeness (QED) is 0.723. The highest BCUT2D eigenvalue weighted by Gasteiger charge is 2.25. The molecule has 7 nitrogen and oxygen atoms in total. The summed E-state index contributed by atoms with van der Waals surface area (Å²) in [6, 6.07) is 17.4. The van der Waals surface area contributed by atoms with Crippen molar-refractivity contribution in [3.8, 4) is 22.8 Å². The number of rotatable bonds is 5. The Hall–Kier alpha value is -3.48. The highest BCUT2D eigenvalue weighted by atomic mass is 16.5. The van der Waals surface area contributed by atoms with E-state index >= 15 is 0 Å². The first-order valence-corrected chi connectivity index (χ1v) is 9.56. The van der Waals surface area contributed by atoms with Gasteiger partial charge < -0.3 is 19.3 Å². The van der Waals surface area contributed by atoms with Crippen LogP contribution in [0.25, 0.3) is 11.3 Å². The van der Waals surface area contributed by atoms with Gasteiger partial charge in [-0.1, -0.05) is 30.3 Å². The Morgan fingerprint density at radius 2 is 1.72 bits per heavy atom. The molecule has 7 heteroatoms. The monoisotopic (exact) mass is 392 g/mol. The van der Waals surface area contributed by atoms with E-state index in [0.717, 1.165) is 30.2 Å². The Labute approximate surface area is 169 Å². The van der Waals surface area contributed by atoms with Gasteiger partial charge in [0.1, 0.15) is 11.5 Å². The van der Waals surface area contributed by atoms with E-state index in [1.807, 2.05) is 23.1 Å². The van der Waals surface area contributed by atoms with Crippen LogP contribution in [-0.2, 0) is 0 Å². The van der Waals surface area contributed by atoms with Crippen molar-refractivity contribution in [1.82, 2.24) is 15.1 Å². The van der Waals surface area contributed by atoms with Crippen LogP contribution in [0.2, 0.25) is 0 Å². The van der Waals surface area contributed by atoms with Gasteiger partial charge in [-0.2, -0.15) is 5.10 Å². The number of carbonyl (C=O) groups excluding carboxylic acids is 1. The summed E-state index contributed by atoms with van der Waals surface area (Å²) in [5.41, 5.74) is 2.64. The standard InChI is InChI=1S/C22H24N4O3/c1-28-17-8-9-18(20(14-17)29-2)22(27)26-12-10-25(11-13-26)21-15-19(23-24-21)16-6-4-3-5-7-16/h3-9,14-15H,10-13H2,1-2H3,(H,23,24). The van der Waals surface area contributed by atoms with Gasteiger partial charge >= 0.3 is 0 Å². The molecule has 150 valence electrons. The molecule has 1 amide bonds. The van der Waals surface area contributed by atoms with Crippen molar-refractivity contribution in [2.45, 2.75) is 0 Å². The van der Waals surface area contributed by atoms with Crippen LogP contribution in [-0.4, -0.2) is 61.4 Å². The zero-order valence-electron chi connectivity index (χ0n) is 16.6. The molecular formula is C22H24N4O3. The number of aromatic amines is 1. The fourth-order valence-electron chi connectivity index (χ4n) is 3.52. The molecule has 1 N–H and O–H groups in total. The maximum absolute atomic E-state index is 13.0. The van der Waals surface area contributed by atoms with Crippen molar-refractivity contribution in [1.29, 1.82) is 0 Å². The Bertz CT molecular complexity index is 979. The summed E-state index contributed by atoms with van der Waals surface area (Å²) < 4.78 is 10.6. The Morgan fingerprint density at radius 1 is 0.966 bits per heavy atom. The predicted molar refractivity (Wildman–Crippen MR) is 112 cm³/mol. The van der Waals surface area contributed by atoms with E-state index in [4.69, 9.17) is 9.47 Å². The number of hydrogen-bond donors (Lipinski definition) is 1. The number of methoxy groups -OCH3 is 2. The third kappa shape index (κ3) is 3.89. The minimum Gasteiger partial charge on any atom is -0.497 e. The minimum atomic E-state index is -0.0313. The Kier molecular flexibility index (Phi) is 5.37. The molecule has 0 aliphatic carbocycles. The summed E-state index contributed by atoms with van der Waals surface area (Å²) in [6.45, 7) is 2.70. The number of benzene rings is 2. The van der Waals surface area contributed by atoms with E-state index in [9.17, 15) is 4.79 Å². The van der Waals surface area contributed by atoms with Gasteiger partial charge in [-0.3, -0.25) is 9.89 Å². The first-order valence-electron chi connectivity index (χ1n) is 9.56. The molecule has 0 saturated carbocycles. The maximum atomic E-state index is 13.0. The molecular weight excluding hydrogens is 368 g/mol. The van der Waals surface area contributed by atoms with E-state index < -0.39 is 0 Å². The zero-order chi connectivity index (χ0) is 20.2. The summed E-state index contributed by atoms with van der Waals surface area (Å²) >= 11 is 0. The fourth-order valence-corrected chi connectivity index (χ4v) is 3.52. The molecule has 1 saturated heterocycles. The van der Waals surface area contributed by atoms with E-state index in [1.54, 1.807) is 32.4 Å². The summed E-state index contributed by atoms with van der Waals surface area (Å²) in [6.07, 6.45) is 0. The molecule has 3 aromatic rings. The molecule has 0 spiro atoms. The van der Waals surface area contributed by atoms with Crippen molar-refractivity contribution in [3.63, 3.8) is 0 Å². The van der Waals surface area contributed by atoms with Crippen LogP contribution in [0.5, 0.6) is 11.5 Å². The smallest absolute Gasteiger partial charge is 0.257 e. The molecule has 0 atom stereocenters. The third-order valence-corrected chi connectivity index (χ3v) is 5.18. The number of aromatic nitrogens is 2. The molecule has 4 rings (SSSR count). The molecule has 0 unspecified atom stereocenters. The van der Waals surface area contributed by atoms with Crippen LogP contribution in [0.3, 0.4) is 0 Å². The van der Waals surface area contributed by atoms with Crippen LogP contribution >= 0.6 is 0 Å². The predicted octanol–water partition coefficient (Wildman–Crippen LogP) is 3.06. The molecule has 0 bridgehead atoms. The van der Waals surface area contributed by atoms with E-state index in [-0.39, 0.29) is 5.91 Å². The third-order valence-electron chi connectivity index (χ3n) is 5.18. The summed E-state index contributed by atoms with van der Waals surface area (Å²) in [4.78, 5) is 17.0. The average molecular weight is 392 g/mol. The number of piperazine rings is 1. The van der Waals surface area contributed by atoms with E-state index in [2.05, 4.69) is 33.3 Å². The van der Waals surface area contributed by atoms with Crippen LogP contribution in [0.1, 0.15) is 10.4 Å². The molecule has 1 aliphatic rings. The molecule has 29 heavy (non-hydrogen) atoms.